The Hall–Kier alpha value is -2.70. The van der Waals surface area contributed by atoms with Crippen molar-refractivity contribution in [3.05, 3.63) is 36.0 Å². The summed E-state index contributed by atoms with van der Waals surface area (Å²) in [6.07, 6.45) is 2.17. The van der Waals surface area contributed by atoms with Gasteiger partial charge in [0.2, 0.25) is 17.7 Å². The number of hydrogen-bond acceptors (Lipinski definition) is 7. The van der Waals surface area contributed by atoms with Crippen LogP contribution in [-0.4, -0.2) is 69.5 Å². The number of H-pyrrole nitrogens is 1. The summed E-state index contributed by atoms with van der Waals surface area (Å²) in [5, 5.41) is 17.9. The first-order chi connectivity index (χ1) is 16.6. The van der Waals surface area contributed by atoms with Crippen LogP contribution in [0.5, 0.6) is 0 Å². The van der Waals surface area contributed by atoms with Crippen molar-refractivity contribution in [2.45, 2.75) is 50.9 Å². The minimum Gasteiger partial charge on any atom is -0.480 e. The van der Waals surface area contributed by atoms with Gasteiger partial charge in [-0.1, -0.05) is 32.0 Å². The first-order valence-corrected chi connectivity index (χ1v) is 12.5. The molecule has 1 aromatic heterocycles. The van der Waals surface area contributed by atoms with Gasteiger partial charge in [-0.05, 0) is 24.0 Å². The van der Waals surface area contributed by atoms with Crippen LogP contribution in [0, 0.1) is 5.92 Å². The second-order valence-electron chi connectivity index (χ2n) is 8.69. The third kappa shape index (κ3) is 8.18. The molecule has 7 N–H and O–H groups in total. The molecule has 3 amide bonds. The summed E-state index contributed by atoms with van der Waals surface area (Å²) >= 11 is 8.01. The highest BCUT2D eigenvalue weighted by molar-refractivity contribution is 7.80. The van der Waals surface area contributed by atoms with Crippen molar-refractivity contribution in [1.29, 1.82) is 0 Å². The van der Waals surface area contributed by atoms with Crippen LogP contribution in [0.3, 0.4) is 0 Å². The number of carboxylic acids is 1. The molecule has 35 heavy (non-hydrogen) atoms. The van der Waals surface area contributed by atoms with Crippen LogP contribution in [-0.2, 0) is 25.6 Å². The Morgan fingerprint density at radius 2 is 1.54 bits per heavy atom. The number of hydrogen-bond donors (Lipinski definition) is 8. The lowest BCUT2D eigenvalue weighted by atomic mass is 10.0. The predicted molar refractivity (Wildman–Crippen MR) is 141 cm³/mol. The number of aromatic nitrogens is 1. The molecule has 192 valence electrons. The van der Waals surface area contributed by atoms with E-state index in [1.165, 1.54) is 0 Å². The fourth-order valence-electron chi connectivity index (χ4n) is 3.52. The number of nitrogens with two attached hydrogens (primary N) is 1. The molecule has 10 nitrogen and oxygen atoms in total. The molecule has 2 aromatic rings. The Labute approximate surface area is 215 Å². The summed E-state index contributed by atoms with van der Waals surface area (Å²) in [7, 11) is 0. The molecule has 0 saturated heterocycles. The molecular formula is C23H33N5O5S2. The van der Waals surface area contributed by atoms with E-state index in [9.17, 15) is 24.3 Å². The highest BCUT2D eigenvalue weighted by Gasteiger charge is 2.31. The van der Waals surface area contributed by atoms with Crippen LogP contribution >= 0.6 is 25.3 Å². The average molecular weight is 524 g/mol. The van der Waals surface area contributed by atoms with Crippen molar-refractivity contribution in [2.75, 3.05) is 11.5 Å². The van der Waals surface area contributed by atoms with Gasteiger partial charge in [-0.2, -0.15) is 25.3 Å². The fraction of sp³-hybridized carbons (Fsp3) is 0.478. The third-order valence-corrected chi connectivity index (χ3v) is 6.16. The molecule has 1 aromatic carbocycles. The van der Waals surface area contributed by atoms with Gasteiger partial charge in [0.15, 0.2) is 0 Å². The molecule has 12 heteroatoms. The number of benzene rings is 1. The van der Waals surface area contributed by atoms with Crippen molar-refractivity contribution in [1.82, 2.24) is 20.9 Å². The van der Waals surface area contributed by atoms with E-state index in [-0.39, 0.29) is 30.3 Å². The number of para-hydroxylation sites is 1. The maximum atomic E-state index is 13.3. The number of amides is 3. The molecule has 0 radical (unpaired) electrons. The van der Waals surface area contributed by atoms with Gasteiger partial charge in [0.1, 0.15) is 18.1 Å². The van der Waals surface area contributed by atoms with Gasteiger partial charge in [-0.25, -0.2) is 4.79 Å². The van der Waals surface area contributed by atoms with Gasteiger partial charge in [-0.3, -0.25) is 14.4 Å². The maximum Gasteiger partial charge on any atom is 0.327 e. The number of carboxylic acid groups (broad SMARTS) is 1. The Morgan fingerprint density at radius 3 is 2.14 bits per heavy atom. The number of aliphatic carboxylic acids is 1. The van der Waals surface area contributed by atoms with Crippen LogP contribution in [0.25, 0.3) is 10.9 Å². The normalized spacial score (nSPS) is 14.7. The number of carbonyl (C=O) groups excluding carboxylic acids is 3. The standard InChI is InChI=1S/C23H33N5O5S2/c1-12(2)7-17(21(30)28-19(11-35)23(32)33)27-22(31)18(26-20(29)15(24)10-34)8-13-9-25-16-6-4-3-5-14(13)16/h3-6,9,12,15,17-19,25,34-35H,7-8,10-11,24H2,1-2H3,(H,26,29)(H,27,31)(H,28,30)(H,32,33). The van der Waals surface area contributed by atoms with Gasteiger partial charge in [0.25, 0.3) is 0 Å². The minimum atomic E-state index is -1.23. The summed E-state index contributed by atoms with van der Waals surface area (Å²) in [6.45, 7) is 3.74. The lowest BCUT2D eigenvalue weighted by Crippen LogP contribution is -2.58. The first-order valence-electron chi connectivity index (χ1n) is 11.2. The van der Waals surface area contributed by atoms with Gasteiger partial charge in [0.05, 0.1) is 6.04 Å². The smallest absolute Gasteiger partial charge is 0.327 e. The minimum absolute atomic E-state index is 0.0181. The molecule has 2 rings (SSSR count). The lowest BCUT2D eigenvalue weighted by Gasteiger charge is -2.25. The second kappa shape index (κ2) is 13.4. The van der Waals surface area contributed by atoms with Crippen molar-refractivity contribution in [2.24, 2.45) is 11.7 Å². The highest BCUT2D eigenvalue weighted by atomic mass is 32.1. The number of nitrogens with one attached hydrogen (secondary N) is 4. The summed E-state index contributed by atoms with van der Waals surface area (Å²) in [4.78, 5) is 53.1. The molecule has 0 saturated carbocycles. The highest BCUT2D eigenvalue weighted by Crippen LogP contribution is 2.19. The number of thiol groups is 2. The van der Waals surface area contributed by atoms with E-state index in [0.717, 1.165) is 16.5 Å². The van der Waals surface area contributed by atoms with Crippen molar-refractivity contribution in [3.63, 3.8) is 0 Å². The lowest BCUT2D eigenvalue weighted by molar-refractivity contribution is -0.141. The van der Waals surface area contributed by atoms with E-state index >= 15 is 0 Å². The van der Waals surface area contributed by atoms with Crippen LogP contribution in [0.1, 0.15) is 25.8 Å². The van der Waals surface area contributed by atoms with E-state index < -0.39 is 47.9 Å². The predicted octanol–water partition coefficient (Wildman–Crippen LogP) is 0.482. The number of carbonyl (C=O) groups is 4. The second-order valence-corrected chi connectivity index (χ2v) is 9.42. The molecular weight excluding hydrogens is 490 g/mol. The van der Waals surface area contributed by atoms with E-state index in [1.807, 2.05) is 38.1 Å². The Kier molecular flexibility index (Phi) is 10.9. The van der Waals surface area contributed by atoms with Crippen molar-refractivity contribution < 1.29 is 24.3 Å². The zero-order valence-electron chi connectivity index (χ0n) is 19.7. The Morgan fingerprint density at radius 1 is 0.943 bits per heavy atom. The topological polar surface area (TPSA) is 166 Å². The number of fused-ring (bicyclic) bond motifs is 1. The van der Waals surface area contributed by atoms with E-state index in [1.54, 1.807) is 6.20 Å². The molecule has 1 heterocycles. The molecule has 4 unspecified atom stereocenters. The zero-order chi connectivity index (χ0) is 26.1. The zero-order valence-corrected chi connectivity index (χ0v) is 21.4. The van der Waals surface area contributed by atoms with E-state index in [4.69, 9.17) is 5.73 Å². The number of rotatable bonds is 13. The molecule has 0 aliphatic heterocycles. The SMILES string of the molecule is CC(C)CC(NC(=O)C(Cc1c[nH]c2ccccc12)NC(=O)C(N)CS)C(=O)NC(CS)C(=O)O. The van der Waals surface area contributed by atoms with Gasteiger partial charge < -0.3 is 31.8 Å². The largest absolute Gasteiger partial charge is 0.480 e. The Bertz CT molecular complexity index is 1040. The molecule has 0 spiro atoms. The van der Waals surface area contributed by atoms with Gasteiger partial charge >= 0.3 is 5.97 Å². The Balaban J connectivity index is 2.28. The molecule has 0 aliphatic rings. The molecule has 0 bridgehead atoms. The van der Waals surface area contributed by atoms with Crippen LogP contribution < -0.4 is 21.7 Å². The van der Waals surface area contributed by atoms with E-state index in [0.29, 0.717) is 0 Å². The average Bonchev–Trinajstić information content (AvgIpc) is 3.23. The quantitative estimate of drug-likeness (QED) is 0.178. The molecule has 4 atom stereocenters. The summed E-state index contributed by atoms with van der Waals surface area (Å²) in [5.74, 6) is -3.01. The number of aromatic amines is 1. The fourth-order valence-corrected chi connectivity index (χ4v) is 3.94. The monoisotopic (exact) mass is 523 g/mol. The summed E-state index contributed by atoms with van der Waals surface area (Å²) < 4.78 is 0. The summed E-state index contributed by atoms with van der Waals surface area (Å²) in [6, 6.07) is 3.38. The van der Waals surface area contributed by atoms with Gasteiger partial charge in [-0.15, -0.1) is 0 Å². The molecule has 0 fully saturated rings. The van der Waals surface area contributed by atoms with E-state index in [2.05, 4.69) is 46.2 Å². The van der Waals surface area contributed by atoms with Crippen LogP contribution in [0.2, 0.25) is 0 Å². The van der Waals surface area contributed by atoms with Crippen LogP contribution in [0.15, 0.2) is 30.5 Å². The van der Waals surface area contributed by atoms with Crippen LogP contribution in [0.4, 0.5) is 0 Å². The summed E-state index contributed by atoms with van der Waals surface area (Å²) in [5.41, 5.74) is 7.47. The van der Waals surface area contributed by atoms with Gasteiger partial charge in [0, 0.05) is 35.0 Å². The maximum absolute atomic E-state index is 13.3. The third-order valence-electron chi connectivity index (χ3n) is 5.40. The van der Waals surface area contributed by atoms with Crippen molar-refractivity contribution >= 4 is 59.9 Å². The first kappa shape index (κ1) is 28.5. The van der Waals surface area contributed by atoms with Crippen molar-refractivity contribution in [3.8, 4) is 0 Å². The molecule has 0 aliphatic carbocycles.